The van der Waals surface area contributed by atoms with Crippen LogP contribution in [-0.4, -0.2) is 20.8 Å². The first-order valence-electron chi connectivity index (χ1n) is 12.5. The van der Waals surface area contributed by atoms with Gasteiger partial charge in [-0.25, -0.2) is 4.18 Å². The topological polar surface area (TPSA) is 52.6 Å². The summed E-state index contributed by atoms with van der Waals surface area (Å²) in [5.74, 6) is 0. The SMILES string of the molecule is CCCCCCCCCCCCCC(CC)(CC)OCOS(=O)(=O)c1ccc(C)cc1. The van der Waals surface area contributed by atoms with Gasteiger partial charge in [-0.05, 0) is 38.3 Å². The maximum atomic E-state index is 12.4. The molecule has 1 rings (SSSR count). The maximum Gasteiger partial charge on any atom is 0.299 e. The lowest BCUT2D eigenvalue weighted by atomic mass is 9.90. The van der Waals surface area contributed by atoms with E-state index < -0.39 is 10.1 Å². The van der Waals surface area contributed by atoms with Crippen molar-refractivity contribution in [3.8, 4) is 0 Å². The fraction of sp³-hybridized carbons (Fsp3) is 0.769. The van der Waals surface area contributed by atoms with Crippen LogP contribution in [0, 0.1) is 6.92 Å². The van der Waals surface area contributed by atoms with Crippen LogP contribution < -0.4 is 0 Å². The van der Waals surface area contributed by atoms with Crippen molar-refractivity contribution in [2.45, 2.75) is 128 Å². The Hall–Kier alpha value is -0.910. The second-order valence-electron chi connectivity index (χ2n) is 8.82. The minimum atomic E-state index is -3.79. The number of unbranched alkanes of at least 4 members (excludes halogenated alkanes) is 10. The first-order chi connectivity index (χ1) is 14.9. The van der Waals surface area contributed by atoms with Crippen molar-refractivity contribution in [3.05, 3.63) is 29.8 Å². The van der Waals surface area contributed by atoms with Crippen LogP contribution in [0.15, 0.2) is 29.2 Å². The van der Waals surface area contributed by atoms with E-state index >= 15 is 0 Å². The van der Waals surface area contributed by atoms with Crippen molar-refractivity contribution >= 4 is 10.1 Å². The molecule has 0 radical (unpaired) electrons. The summed E-state index contributed by atoms with van der Waals surface area (Å²) in [6, 6.07) is 6.68. The standard InChI is InChI=1S/C26H46O4S/c1-5-8-9-10-11-12-13-14-15-16-17-22-26(6-2,7-3)29-23-30-31(27,28)25-20-18-24(4)19-21-25/h18-21H,5-17,22-23H2,1-4H3. The number of rotatable bonds is 19. The molecule has 0 saturated heterocycles. The average Bonchev–Trinajstić information content (AvgIpc) is 2.76. The summed E-state index contributed by atoms with van der Waals surface area (Å²) < 4.78 is 35.9. The van der Waals surface area contributed by atoms with Gasteiger partial charge in [0.05, 0.1) is 10.5 Å². The van der Waals surface area contributed by atoms with E-state index in [4.69, 9.17) is 8.92 Å². The molecule has 0 amide bonds. The Morgan fingerprint density at radius 1 is 0.742 bits per heavy atom. The quantitative estimate of drug-likeness (QED) is 0.121. The van der Waals surface area contributed by atoms with Crippen LogP contribution in [-0.2, 0) is 19.0 Å². The van der Waals surface area contributed by atoms with Gasteiger partial charge in [0.1, 0.15) is 0 Å². The Morgan fingerprint density at radius 2 is 1.23 bits per heavy atom. The molecule has 0 N–H and O–H groups in total. The van der Waals surface area contributed by atoms with Crippen molar-refractivity contribution in [3.63, 3.8) is 0 Å². The summed E-state index contributed by atoms with van der Waals surface area (Å²) in [5, 5.41) is 0. The Morgan fingerprint density at radius 3 is 1.71 bits per heavy atom. The Balaban J connectivity index is 2.27. The minimum Gasteiger partial charge on any atom is -0.348 e. The second-order valence-corrected chi connectivity index (χ2v) is 10.4. The van der Waals surface area contributed by atoms with Gasteiger partial charge in [0, 0.05) is 0 Å². The number of hydrogen-bond donors (Lipinski definition) is 0. The van der Waals surface area contributed by atoms with Crippen molar-refractivity contribution in [1.29, 1.82) is 0 Å². The fourth-order valence-electron chi connectivity index (χ4n) is 3.98. The summed E-state index contributed by atoms with van der Waals surface area (Å²) in [7, 11) is -3.79. The van der Waals surface area contributed by atoms with Crippen LogP contribution in [0.3, 0.4) is 0 Å². The van der Waals surface area contributed by atoms with Crippen molar-refractivity contribution in [2.75, 3.05) is 6.79 Å². The summed E-state index contributed by atoms with van der Waals surface area (Å²) in [5.41, 5.74) is 0.709. The molecule has 180 valence electrons. The molecule has 0 aliphatic heterocycles. The van der Waals surface area contributed by atoms with Crippen LogP contribution in [0.1, 0.15) is 116 Å². The number of benzene rings is 1. The third kappa shape index (κ3) is 11.5. The van der Waals surface area contributed by atoms with E-state index in [1.165, 1.54) is 64.2 Å². The molecule has 0 unspecified atom stereocenters. The number of aryl methyl sites for hydroxylation is 1. The molecule has 1 aromatic carbocycles. The van der Waals surface area contributed by atoms with Gasteiger partial charge in [-0.3, -0.25) is 0 Å². The van der Waals surface area contributed by atoms with Crippen LogP contribution >= 0.6 is 0 Å². The summed E-state index contributed by atoms with van der Waals surface area (Å²) in [6.07, 6.45) is 17.2. The van der Waals surface area contributed by atoms with Crippen molar-refractivity contribution in [1.82, 2.24) is 0 Å². The van der Waals surface area contributed by atoms with E-state index in [1.807, 2.05) is 6.92 Å². The Kier molecular flexibility index (Phi) is 14.4. The monoisotopic (exact) mass is 454 g/mol. The average molecular weight is 455 g/mol. The first-order valence-corrected chi connectivity index (χ1v) is 13.9. The second kappa shape index (κ2) is 15.8. The maximum absolute atomic E-state index is 12.4. The normalized spacial score (nSPS) is 12.4. The highest BCUT2D eigenvalue weighted by atomic mass is 32.2. The van der Waals surface area contributed by atoms with Crippen molar-refractivity contribution < 1.29 is 17.3 Å². The van der Waals surface area contributed by atoms with Gasteiger partial charge in [0.25, 0.3) is 10.1 Å². The Labute approximate surface area is 192 Å². The van der Waals surface area contributed by atoms with Gasteiger partial charge in [0.15, 0.2) is 6.79 Å². The molecule has 1 aromatic rings. The third-order valence-electron chi connectivity index (χ3n) is 6.40. The molecule has 0 atom stereocenters. The van der Waals surface area contributed by atoms with E-state index in [9.17, 15) is 8.42 Å². The molecule has 31 heavy (non-hydrogen) atoms. The van der Waals surface area contributed by atoms with Gasteiger partial charge in [-0.2, -0.15) is 8.42 Å². The molecule has 0 aliphatic rings. The van der Waals surface area contributed by atoms with Crippen LogP contribution in [0.25, 0.3) is 0 Å². The highest BCUT2D eigenvalue weighted by Gasteiger charge is 2.27. The minimum absolute atomic E-state index is 0.172. The fourth-order valence-corrected chi connectivity index (χ4v) is 4.76. The molecule has 5 heteroatoms. The molecule has 0 aliphatic carbocycles. The van der Waals surface area contributed by atoms with E-state index in [1.54, 1.807) is 24.3 Å². The van der Waals surface area contributed by atoms with Crippen molar-refractivity contribution in [2.24, 2.45) is 0 Å². The Bertz CT molecular complexity index is 663. The lowest BCUT2D eigenvalue weighted by molar-refractivity contribution is -0.113. The third-order valence-corrected chi connectivity index (χ3v) is 7.66. The van der Waals surface area contributed by atoms with Gasteiger partial charge >= 0.3 is 0 Å². The van der Waals surface area contributed by atoms with Gasteiger partial charge < -0.3 is 4.74 Å². The summed E-state index contributed by atoms with van der Waals surface area (Å²) in [6.45, 7) is 8.17. The zero-order valence-electron chi connectivity index (χ0n) is 20.5. The van der Waals surface area contributed by atoms with E-state index in [-0.39, 0.29) is 17.3 Å². The van der Waals surface area contributed by atoms with Gasteiger partial charge in [-0.1, -0.05) is 109 Å². The van der Waals surface area contributed by atoms with E-state index in [2.05, 4.69) is 20.8 Å². The molecule has 0 heterocycles. The lowest BCUT2D eigenvalue weighted by Crippen LogP contribution is -2.32. The predicted molar refractivity (Wildman–Crippen MR) is 130 cm³/mol. The smallest absolute Gasteiger partial charge is 0.299 e. The van der Waals surface area contributed by atoms with E-state index in [0.717, 1.165) is 31.2 Å². The molecule has 0 saturated carbocycles. The summed E-state index contributed by atoms with van der Waals surface area (Å²) >= 11 is 0. The molecule has 0 aromatic heterocycles. The van der Waals surface area contributed by atoms with Crippen LogP contribution in [0.2, 0.25) is 0 Å². The molecule has 0 bridgehead atoms. The lowest BCUT2D eigenvalue weighted by Gasteiger charge is -2.31. The zero-order valence-corrected chi connectivity index (χ0v) is 21.3. The first kappa shape index (κ1) is 28.1. The van der Waals surface area contributed by atoms with Gasteiger partial charge in [-0.15, -0.1) is 0 Å². The molecular weight excluding hydrogens is 408 g/mol. The number of hydrogen-bond acceptors (Lipinski definition) is 4. The number of ether oxygens (including phenoxy) is 1. The molecule has 4 nitrogen and oxygen atoms in total. The van der Waals surface area contributed by atoms with Crippen LogP contribution in [0.4, 0.5) is 0 Å². The molecular formula is C26H46O4S. The van der Waals surface area contributed by atoms with E-state index in [0.29, 0.717) is 0 Å². The highest BCUT2D eigenvalue weighted by Crippen LogP contribution is 2.28. The molecule has 0 spiro atoms. The van der Waals surface area contributed by atoms with Gasteiger partial charge in [0.2, 0.25) is 0 Å². The highest BCUT2D eigenvalue weighted by molar-refractivity contribution is 7.86. The zero-order chi connectivity index (χ0) is 23.0. The summed E-state index contributed by atoms with van der Waals surface area (Å²) in [4.78, 5) is 0.172. The predicted octanol–water partition coefficient (Wildman–Crippen LogP) is 7.93. The largest absolute Gasteiger partial charge is 0.348 e. The van der Waals surface area contributed by atoms with Crippen LogP contribution in [0.5, 0.6) is 0 Å². The molecule has 0 fully saturated rings.